The highest BCUT2D eigenvalue weighted by Crippen LogP contribution is 2.15. The fraction of sp³-hybridized carbons (Fsp3) is 0.304. The van der Waals surface area contributed by atoms with Gasteiger partial charge in [0.25, 0.3) is 5.91 Å². The Morgan fingerprint density at radius 1 is 1.03 bits per heavy atom. The van der Waals surface area contributed by atoms with Crippen LogP contribution < -0.4 is 16.0 Å². The molecule has 3 rings (SSSR count). The van der Waals surface area contributed by atoms with Crippen LogP contribution in [0.3, 0.4) is 0 Å². The van der Waals surface area contributed by atoms with Crippen molar-refractivity contribution in [1.82, 2.24) is 20.5 Å². The molecular formula is C23H29N5O. The van der Waals surface area contributed by atoms with Crippen LogP contribution in [0.15, 0.2) is 65.8 Å². The molecule has 2 aromatic carbocycles. The minimum Gasteiger partial charge on any atom is -0.357 e. The van der Waals surface area contributed by atoms with Gasteiger partial charge in [0.05, 0.1) is 6.54 Å². The molecule has 152 valence electrons. The van der Waals surface area contributed by atoms with Crippen LogP contribution >= 0.6 is 0 Å². The summed E-state index contributed by atoms with van der Waals surface area (Å²) < 4.78 is 2.29. The number of benzene rings is 2. The van der Waals surface area contributed by atoms with Gasteiger partial charge in [0.2, 0.25) is 0 Å². The number of aryl methyl sites for hydroxylation is 1. The summed E-state index contributed by atoms with van der Waals surface area (Å²) in [4.78, 5) is 16.3. The molecule has 0 spiro atoms. The maximum absolute atomic E-state index is 11.6. The van der Waals surface area contributed by atoms with Crippen molar-refractivity contribution in [2.75, 3.05) is 20.1 Å². The average Bonchev–Trinajstić information content (AvgIpc) is 3.18. The highest BCUT2D eigenvalue weighted by molar-refractivity contribution is 5.93. The topological polar surface area (TPSA) is 70.4 Å². The molecule has 0 aliphatic rings. The van der Waals surface area contributed by atoms with E-state index >= 15 is 0 Å². The van der Waals surface area contributed by atoms with E-state index in [0.717, 1.165) is 37.6 Å². The van der Waals surface area contributed by atoms with E-state index in [9.17, 15) is 4.79 Å². The van der Waals surface area contributed by atoms with Crippen molar-refractivity contribution >= 4 is 22.8 Å². The van der Waals surface area contributed by atoms with Crippen molar-refractivity contribution in [2.24, 2.45) is 4.99 Å². The van der Waals surface area contributed by atoms with Gasteiger partial charge in [-0.15, -0.1) is 0 Å². The predicted molar refractivity (Wildman–Crippen MR) is 119 cm³/mol. The number of para-hydroxylation sites is 1. The Morgan fingerprint density at radius 3 is 2.59 bits per heavy atom. The minimum atomic E-state index is -0.0782. The van der Waals surface area contributed by atoms with Gasteiger partial charge in [-0.3, -0.25) is 4.79 Å². The number of aromatic nitrogens is 1. The molecular weight excluding hydrogens is 362 g/mol. The summed E-state index contributed by atoms with van der Waals surface area (Å²) in [6.45, 7) is 5.23. The third kappa shape index (κ3) is 5.60. The summed E-state index contributed by atoms with van der Waals surface area (Å²) in [5.41, 5.74) is 2.99. The zero-order chi connectivity index (χ0) is 20.5. The van der Waals surface area contributed by atoms with Gasteiger partial charge in [-0.05, 0) is 48.6 Å². The number of hydrogen-bond acceptors (Lipinski definition) is 2. The van der Waals surface area contributed by atoms with Crippen molar-refractivity contribution in [1.29, 1.82) is 0 Å². The second kappa shape index (κ2) is 10.3. The molecule has 0 saturated carbocycles. The molecule has 29 heavy (non-hydrogen) atoms. The molecule has 0 aliphatic heterocycles. The minimum absolute atomic E-state index is 0.0782. The van der Waals surface area contributed by atoms with E-state index in [1.54, 1.807) is 7.05 Å². The molecule has 0 aliphatic carbocycles. The maximum atomic E-state index is 11.6. The van der Waals surface area contributed by atoms with Gasteiger partial charge >= 0.3 is 0 Å². The Morgan fingerprint density at radius 2 is 1.83 bits per heavy atom. The lowest BCUT2D eigenvalue weighted by molar-refractivity contribution is 0.0963. The van der Waals surface area contributed by atoms with E-state index in [2.05, 4.69) is 69.0 Å². The largest absolute Gasteiger partial charge is 0.357 e. The van der Waals surface area contributed by atoms with Gasteiger partial charge in [0.15, 0.2) is 5.96 Å². The summed E-state index contributed by atoms with van der Waals surface area (Å²) in [5.74, 6) is 0.728. The van der Waals surface area contributed by atoms with Gasteiger partial charge in [0.1, 0.15) is 0 Å². The van der Waals surface area contributed by atoms with Gasteiger partial charge in [-0.25, -0.2) is 4.99 Å². The first kappa shape index (κ1) is 20.5. The second-order valence-electron chi connectivity index (χ2n) is 6.82. The van der Waals surface area contributed by atoms with Gasteiger partial charge in [-0.2, -0.15) is 0 Å². The SMILES string of the molecule is CCNC(=NCc1ccc(C(=O)NC)cc1)NCCCn1ccc2ccccc21. The van der Waals surface area contributed by atoms with Gasteiger partial charge < -0.3 is 20.5 Å². The lowest BCUT2D eigenvalue weighted by Gasteiger charge is -2.12. The van der Waals surface area contributed by atoms with Crippen molar-refractivity contribution in [3.63, 3.8) is 0 Å². The van der Waals surface area contributed by atoms with Crippen LogP contribution in [0.25, 0.3) is 10.9 Å². The van der Waals surface area contributed by atoms with Gasteiger partial charge in [0, 0.05) is 44.0 Å². The molecule has 6 heteroatoms. The number of nitrogens with zero attached hydrogens (tertiary/aromatic N) is 2. The lowest BCUT2D eigenvalue weighted by atomic mass is 10.1. The van der Waals surface area contributed by atoms with Gasteiger partial charge in [-0.1, -0.05) is 30.3 Å². The summed E-state index contributed by atoms with van der Waals surface area (Å²) in [5, 5.41) is 10.6. The standard InChI is InChI=1S/C23H29N5O/c1-3-25-23(27-17-18-9-11-20(12-10-18)22(29)24-2)26-14-6-15-28-16-13-19-7-4-5-8-21(19)28/h4-5,7-13,16H,3,6,14-15,17H2,1-2H3,(H,24,29)(H2,25,26,27). The van der Waals surface area contributed by atoms with Crippen molar-refractivity contribution in [3.05, 3.63) is 71.9 Å². The predicted octanol–water partition coefficient (Wildman–Crippen LogP) is 3.15. The summed E-state index contributed by atoms with van der Waals surface area (Å²) in [6, 6.07) is 18.1. The molecule has 0 bridgehead atoms. The summed E-state index contributed by atoms with van der Waals surface area (Å²) in [7, 11) is 1.63. The second-order valence-corrected chi connectivity index (χ2v) is 6.82. The molecule has 6 nitrogen and oxygen atoms in total. The Kier molecular flexibility index (Phi) is 7.28. The molecule has 3 N–H and O–H groups in total. The Bertz CT molecular complexity index is 959. The smallest absolute Gasteiger partial charge is 0.251 e. The summed E-state index contributed by atoms with van der Waals surface area (Å²) >= 11 is 0. The average molecular weight is 392 g/mol. The normalized spacial score (nSPS) is 11.4. The Hall–Kier alpha value is -3.28. The van der Waals surface area contributed by atoms with E-state index < -0.39 is 0 Å². The first-order valence-electron chi connectivity index (χ1n) is 10.1. The Balaban J connectivity index is 1.50. The monoisotopic (exact) mass is 391 g/mol. The zero-order valence-electron chi connectivity index (χ0n) is 17.1. The van der Waals surface area contributed by atoms with E-state index in [-0.39, 0.29) is 5.91 Å². The number of guanidine groups is 1. The molecule has 3 aromatic rings. The van der Waals surface area contributed by atoms with Crippen molar-refractivity contribution in [3.8, 4) is 0 Å². The third-order valence-corrected chi connectivity index (χ3v) is 4.76. The molecule has 1 heterocycles. The molecule has 0 saturated heterocycles. The molecule has 0 radical (unpaired) electrons. The Labute approximate surface area is 172 Å². The van der Waals surface area contributed by atoms with Crippen molar-refractivity contribution < 1.29 is 4.79 Å². The van der Waals surface area contributed by atoms with E-state index in [1.807, 2.05) is 24.3 Å². The number of nitrogens with one attached hydrogen (secondary N) is 3. The molecule has 0 atom stereocenters. The zero-order valence-corrected chi connectivity index (χ0v) is 17.1. The number of aliphatic imine (C=N–C) groups is 1. The number of rotatable bonds is 8. The number of hydrogen-bond donors (Lipinski definition) is 3. The molecule has 0 unspecified atom stereocenters. The van der Waals surface area contributed by atoms with Crippen LogP contribution in [-0.4, -0.2) is 36.6 Å². The van der Waals surface area contributed by atoms with E-state index in [4.69, 9.17) is 0 Å². The first-order valence-corrected chi connectivity index (χ1v) is 10.1. The molecule has 0 fully saturated rings. The number of amides is 1. The first-order chi connectivity index (χ1) is 14.2. The van der Waals surface area contributed by atoms with Crippen molar-refractivity contribution in [2.45, 2.75) is 26.4 Å². The maximum Gasteiger partial charge on any atom is 0.251 e. The number of fused-ring (bicyclic) bond motifs is 1. The lowest BCUT2D eigenvalue weighted by Crippen LogP contribution is -2.38. The van der Waals surface area contributed by atoms with E-state index in [1.165, 1.54) is 10.9 Å². The number of carbonyl (C=O) groups is 1. The molecule has 1 aromatic heterocycles. The number of carbonyl (C=O) groups excluding carboxylic acids is 1. The fourth-order valence-electron chi connectivity index (χ4n) is 3.21. The fourth-order valence-corrected chi connectivity index (χ4v) is 3.21. The van der Waals surface area contributed by atoms with E-state index in [0.29, 0.717) is 12.1 Å². The van der Waals surface area contributed by atoms with Crippen LogP contribution in [0.1, 0.15) is 29.3 Å². The molecule has 1 amide bonds. The highest BCUT2D eigenvalue weighted by atomic mass is 16.1. The van der Waals surface area contributed by atoms with Crippen LogP contribution in [0, 0.1) is 0 Å². The third-order valence-electron chi connectivity index (χ3n) is 4.76. The van der Waals surface area contributed by atoms with Crippen LogP contribution in [0.5, 0.6) is 0 Å². The quantitative estimate of drug-likeness (QED) is 0.314. The van der Waals surface area contributed by atoms with Crippen LogP contribution in [0.2, 0.25) is 0 Å². The summed E-state index contributed by atoms with van der Waals surface area (Å²) in [6.07, 6.45) is 3.15. The highest BCUT2D eigenvalue weighted by Gasteiger charge is 2.03. The van der Waals surface area contributed by atoms with Crippen LogP contribution in [0.4, 0.5) is 0 Å². The van der Waals surface area contributed by atoms with Crippen LogP contribution in [-0.2, 0) is 13.1 Å².